The van der Waals surface area contributed by atoms with Gasteiger partial charge in [-0.05, 0) is 55.9 Å². The molecule has 0 fully saturated rings. The fourth-order valence-electron chi connectivity index (χ4n) is 2.68. The molecule has 1 unspecified atom stereocenters. The second-order valence-electron chi connectivity index (χ2n) is 5.72. The lowest BCUT2D eigenvalue weighted by atomic mass is 10.1. The van der Waals surface area contributed by atoms with Crippen molar-refractivity contribution in [1.29, 1.82) is 0 Å². The van der Waals surface area contributed by atoms with Crippen molar-refractivity contribution in [1.82, 2.24) is 19.9 Å². The van der Waals surface area contributed by atoms with E-state index in [1.807, 2.05) is 26.0 Å². The SMILES string of the molecule is CCn1c(=S)[nH]c2cc(C(=O)NC(C)c3cccnc3)ccc2c1=O. The standard InChI is InChI=1S/C18H18N4O2S/c1-3-22-17(24)14-7-6-12(9-15(14)21-18(22)25)16(23)20-11(2)13-5-4-8-19-10-13/h4-11H,3H2,1-2H3,(H,20,23)(H,21,25). The van der Waals surface area contributed by atoms with E-state index >= 15 is 0 Å². The lowest BCUT2D eigenvalue weighted by Gasteiger charge is -2.14. The van der Waals surface area contributed by atoms with Gasteiger partial charge in [0.25, 0.3) is 11.5 Å². The molecule has 1 aromatic carbocycles. The monoisotopic (exact) mass is 354 g/mol. The van der Waals surface area contributed by atoms with Crippen molar-refractivity contribution >= 4 is 29.0 Å². The molecule has 128 valence electrons. The second kappa shape index (κ2) is 6.98. The van der Waals surface area contributed by atoms with Gasteiger partial charge >= 0.3 is 0 Å². The van der Waals surface area contributed by atoms with Crippen LogP contribution in [0.25, 0.3) is 10.9 Å². The van der Waals surface area contributed by atoms with Gasteiger partial charge in [0.2, 0.25) is 0 Å². The van der Waals surface area contributed by atoms with Gasteiger partial charge in [0.1, 0.15) is 0 Å². The lowest BCUT2D eigenvalue weighted by Crippen LogP contribution is -2.27. The van der Waals surface area contributed by atoms with Crippen LogP contribution in [0.2, 0.25) is 0 Å². The van der Waals surface area contributed by atoms with Crippen LogP contribution in [0.1, 0.15) is 35.8 Å². The first-order chi connectivity index (χ1) is 12.0. The first kappa shape index (κ1) is 17.0. The number of H-pyrrole nitrogens is 1. The second-order valence-corrected chi connectivity index (χ2v) is 6.11. The molecule has 0 aliphatic carbocycles. The molecular weight excluding hydrogens is 336 g/mol. The molecule has 3 aromatic rings. The summed E-state index contributed by atoms with van der Waals surface area (Å²) in [6.07, 6.45) is 3.41. The van der Waals surface area contributed by atoms with Crippen LogP contribution < -0.4 is 10.9 Å². The van der Waals surface area contributed by atoms with Crippen molar-refractivity contribution in [2.24, 2.45) is 0 Å². The molecule has 0 spiro atoms. The summed E-state index contributed by atoms with van der Waals surface area (Å²) in [7, 11) is 0. The van der Waals surface area contributed by atoms with Crippen LogP contribution in [0.4, 0.5) is 0 Å². The number of rotatable bonds is 4. The first-order valence-corrected chi connectivity index (χ1v) is 8.39. The molecule has 0 saturated carbocycles. The smallest absolute Gasteiger partial charge is 0.262 e. The molecule has 2 N–H and O–H groups in total. The predicted octanol–water partition coefficient (Wildman–Crippen LogP) is 2.96. The summed E-state index contributed by atoms with van der Waals surface area (Å²) < 4.78 is 1.84. The Bertz CT molecular complexity index is 1040. The van der Waals surface area contributed by atoms with Crippen LogP contribution in [0.15, 0.2) is 47.5 Å². The summed E-state index contributed by atoms with van der Waals surface area (Å²) in [5.74, 6) is -0.225. The minimum atomic E-state index is -0.225. The molecule has 0 radical (unpaired) electrons. The van der Waals surface area contributed by atoms with E-state index in [4.69, 9.17) is 12.2 Å². The van der Waals surface area contributed by atoms with E-state index in [0.717, 1.165) is 5.56 Å². The lowest BCUT2D eigenvalue weighted by molar-refractivity contribution is 0.0940. The summed E-state index contributed by atoms with van der Waals surface area (Å²) in [5.41, 5.74) is 1.78. The van der Waals surface area contributed by atoms with Gasteiger partial charge in [-0.3, -0.25) is 19.1 Å². The molecule has 0 aliphatic heterocycles. The average Bonchev–Trinajstić information content (AvgIpc) is 2.62. The zero-order valence-electron chi connectivity index (χ0n) is 13.9. The molecule has 1 amide bonds. The van der Waals surface area contributed by atoms with Crippen molar-refractivity contribution in [3.05, 3.63) is 69.0 Å². The van der Waals surface area contributed by atoms with Crippen LogP contribution in [-0.4, -0.2) is 20.4 Å². The van der Waals surface area contributed by atoms with Gasteiger partial charge in [-0.25, -0.2) is 0 Å². The van der Waals surface area contributed by atoms with Gasteiger partial charge in [-0.2, -0.15) is 0 Å². The summed E-state index contributed by atoms with van der Waals surface area (Å²) in [4.78, 5) is 32.0. The fraction of sp³-hybridized carbons (Fsp3) is 0.222. The van der Waals surface area contributed by atoms with E-state index in [9.17, 15) is 9.59 Å². The number of aromatic amines is 1. The largest absolute Gasteiger partial charge is 0.345 e. The highest BCUT2D eigenvalue weighted by Crippen LogP contribution is 2.14. The Kier molecular flexibility index (Phi) is 4.76. The van der Waals surface area contributed by atoms with Crippen LogP contribution in [-0.2, 0) is 6.54 Å². The highest BCUT2D eigenvalue weighted by Gasteiger charge is 2.13. The molecule has 1 atom stereocenters. The number of nitrogens with zero attached hydrogens (tertiary/aromatic N) is 2. The van der Waals surface area contributed by atoms with E-state index in [1.165, 1.54) is 4.57 Å². The minimum Gasteiger partial charge on any atom is -0.345 e. The molecular formula is C18H18N4O2S. The maximum atomic E-state index is 12.5. The van der Waals surface area contributed by atoms with Crippen molar-refractivity contribution in [3.63, 3.8) is 0 Å². The van der Waals surface area contributed by atoms with Gasteiger partial charge in [0.15, 0.2) is 4.77 Å². The third-order valence-electron chi connectivity index (χ3n) is 4.09. The number of amides is 1. The van der Waals surface area contributed by atoms with Crippen LogP contribution >= 0.6 is 12.2 Å². The van der Waals surface area contributed by atoms with Gasteiger partial charge in [-0.15, -0.1) is 0 Å². The Morgan fingerprint density at radius 3 is 2.88 bits per heavy atom. The number of carbonyl (C=O) groups is 1. The summed E-state index contributed by atoms with van der Waals surface area (Å²) in [6, 6.07) is 8.50. The molecule has 0 saturated heterocycles. The van der Waals surface area contributed by atoms with Crippen molar-refractivity contribution in [3.8, 4) is 0 Å². The normalized spacial score (nSPS) is 12.1. The first-order valence-electron chi connectivity index (χ1n) is 7.99. The molecule has 2 heterocycles. The quantitative estimate of drug-likeness (QED) is 0.706. The summed E-state index contributed by atoms with van der Waals surface area (Å²) in [6.45, 7) is 4.25. The van der Waals surface area contributed by atoms with E-state index < -0.39 is 0 Å². The third-order valence-corrected chi connectivity index (χ3v) is 4.41. The molecule has 6 nitrogen and oxygen atoms in total. The summed E-state index contributed by atoms with van der Waals surface area (Å²) in [5, 5.41) is 3.43. The molecule has 0 bridgehead atoms. The summed E-state index contributed by atoms with van der Waals surface area (Å²) >= 11 is 5.21. The van der Waals surface area contributed by atoms with E-state index in [-0.39, 0.29) is 17.5 Å². The van der Waals surface area contributed by atoms with E-state index in [2.05, 4.69) is 15.3 Å². The van der Waals surface area contributed by atoms with Gasteiger partial charge in [-0.1, -0.05) is 6.07 Å². The number of nitrogens with one attached hydrogen (secondary N) is 2. The predicted molar refractivity (Wildman–Crippen MR) is 99.2 cm³/mol. The highest BCUT2D eigenvalue weighted by molar-refractivity contribution is 7.71. The van der Waals surface area contributed by atoms with Gasteiger partial charge in [0.05, 0.1) is 16.9 Å². The van der Waals surface area contributed by atoms with Crippen molar-refractivity contribution < 1.29 is 4.79 Å². The zero-order chi connectivity index (χ0) is 18.0. The molecule has 0 aliphatic rings. The number of fused-ring (bicyclic) bond motifs is 1. The molecule has 2 aromatic heterocycles. The number of hydrogen-bond donors (Lipinski definition) is 2. The fourth-order valence-corrected chi connectivity index (χ4v) is 3.00. The Morgan fingerprint density at radius 1 is 1.40 bits per heavy atom. The van der Waals surface area contributed by atoms with Crippen LogP contribution in [0.3, 0.4) is 0 Å². The van der Waals surface area contributed by atoms with E-state index in [0.29, 0.717) is 27.8 Å². The molecule has 7 heteroatoms. The maximum Gasteiger partial charge on any atom is 0.262 e. The third kappa shape index (κ3) is 3.36. The van der Waals surface area contributed by atoms with Crippen molar-refractivity contribution in [2.45, 2.75) is 26.4 Å². The van der Waals surface area contributed by atoms with Gasteiger partial charge < -0.3 is 10.3 Å². The number of carbonyl (C=O) groups excluding carboxylic acids is 1. The molecule has 3 rings (SSSR count). The van der Waals surface area contributed by atoms with Crippen LogP contribution in [0.5, 0.6) is 0 Å². The Balaban J connectivity index is 1.93. The average molecular weight is 354 g/mol. The van der Waals surface area contributed by atoms with E-state index in [1.54, 1.807) is 30.6 Å². The number of benzene rings is 1. The van der Waals surface area contributed by atoms with Crippen LogP contribution in [0, 0.1) is 4.77 Å². The maximum absolute atomic E-state index is 12.5. The van der Waals surface area contributed by atoms with Gasteiger partial charge in [0, 0.05) is 24.5 Å². The Hall–Kier alpha value is -2.80. The zero-order valence-corrected chi connectivity index (χ0v) is 14.8. The highest BCUT2D eigenvalue weighted by atomic mass is 32.1. The van der Waals surface area contributed by atoms with Crippen molar-refractivity contribution in [2.75, 3.05) is 0 Å². The number of pyridine rings is 1. The Morgan fingerprint density at radius 2 is 2.20 bits per heavy atom. The molecule has 25 heavy (non-hydrogen) atoms. The minimum absolute atomic E-state index is 0.156. The Labute approximate surface area is 149 Å². The number of aromatic nitrogens is 3. The number of hydrogen-bond acceptors (Lipinski definition) is 4. The topological polar surface area (TPSA) is 79.8 Å².